The number of hydrogen-bond acceptors (Lipinski definition) is 7. The number of carboxylic acid groups (broad SMARTS) is 1. The number of nitrogens with zero attached hydrogens (tertiary/aromatic N) is 1. The van der Waals surface area contributed by atoms with Gasteiger partial charge in [-0.1, -0.05) is 18.2 Å². The molecular weight excluding hydrogens is 440 g/mol. The number of amides is 1. The van der Waals surface area contributed by atoms with Crippen molar-refractivity contribution in [3.8, 4) is 16.9 Å². The van der Waals surface area contributed by atoms with Gasteiger partial charge in [-0.3, -0.25) is 10.2 Å². The highest BCUT2D eigenvalue weighted by atomic mass is 32.1. The monoisotopic (exact) mass is 462 g/mol. The number of fused-ring (bicyclic) bond motifs is 1. The molecule has 168 valence electrons. The second-order valence-electron chi connectivity index (χ2n) is 7.69. The van der Waals surface area contributed by atoms with Crippen LogP contribution in [0, 0.1) is 5.41 Å². The molecule has 8 nitrogen and oxygen atoms in total. The number of aromatic hydroxyl groups is 1. The maximum Gasteiger partial charge on any atom is 0.345 e. The van der Waals surface area contributed by atoms with E-state index >= 15 is 0 Å². The molecular formula is C24H22N4O4S. The van der Waals surface area contributed by atoms with Crippen LogP contribution in [0.1, 0.15) is 34.1 Å². The number of para-hydroxylation sites is 1. The highest BCUT2D eigenvalue weighted by Crippen LogP contribution is 2.37. The van der Waals surface area contributed by atoms with Gasteiger partial charge in [0.05, 0.1) is 11.4 Å². The molecule has 4 rings (SSSR count). The van der Waals surface area contributed by atoms with Gasteiger partial charge >= 0.3 is 5.97 Å². The summed E-state index contributed by atoms with van der Waals surface area (Å²) in [5, 5.41) is 36.3. The summed E-state index contributed by atoms with van der Waals surface area (Å²) in [6, 6.07) is 12.2. The number of phenols is 1. The maximum absolute atomic E-state index is 12.8. The van der Waals surface area contributed by atoms with Gasteiger partial charge < -0.3 is 20.9 Å². The predicted molar refractivity (Wildman–Crippen MR) is 130 cm³/mol. The molecule has 5 N–H and O–H groups in total. The van der Waals surface area contributed by atoms with Crippen LogP contribution < -0.4 is 10.7 Å². The van der Waals surface area contributed by atoms with Crippen LogP contribution in [0.25, 0.3) is 11.1 Å². The van der Waals surface area contributed by atoms with Crippen LogP contribution in [0.4, 0.5) is 11.4 Å². The van der Waals surface area contributed by atoms with Gasteiger partial charge in [0.1, 0.15) is 10.6 Å². The Hall–Kier alpha value is -3.98. The Morgan fingerprint density at radius 1 is 1.12 bits per heavy atom. The SMILES string of the molecule is CC(=N)/C(=N/Nc1cccc(-c2csc(C(=O)O)c2)c1O)C(=O)Nc1ccc2c(c1)CCC2. The fraction of sp³-hybridized carbons (Fsp3) is 0.167. The van der Waals surface area contributed by atoms with E-state index < -0.39 is 11.9 Å². The number of carbonyl (C=O) groups excluding carboxylic acids is 1. The molecule has 0 radical (unpaired) electrons. The van der Waals surface area contributed by atoms with Gasteiger partial charge in [0.2, 0.25) is 0 Å². The summed E-state index contributed by atoms with van der Waals surface area (Å²) in [5.74, 6) is -1.71. The van der Waals surface area contributed by atoms with Crippen molar-refractivity contribution in [1.82, 2.24) is 0 Å². The van der Waals surface area contributed by atoms with Gasteiger partial charge in [-0.25, -0.2) is 4.79 Å². The lowest BCUT2D eigenvalue weighted by Gasteiger charge is -2.11. The number of carboxylic acids is 1. The zero-order chi connectivity index (χ0) is 23.5. The summed E-state index contributed by atoms with van der Waals surface area (Å²) >= 11 is 1.06. The molecule has 0 saturated carbocycles. The molecule has 33 heavy (non-hydrogen) atoms. The van der Waals surface area contributed by atoms with Crippen molar-refractivity contribution >= 4 is 46.0 Å². The van der Waals surface area contributed by atoms with E-state index in [1.165, 1.54) is 24.1 Å². The number of thiophene rings is 1. The molecule has 1 heterocycles. The molecule has 1 aliphatic carbocycles. The number of hydrogen-bond donors (Lipinski definition) is 5. The molecule has 9 heteroatoms. The van der Waals surface area contributed by atoms with Crippen molar-refractivity contribution in [2.75, 3.05) is 10.7 Å². The number of carbonyl (C=O) groups is 2. The summed E-state index contributed by atoms with van der Waals surface area (Å²) in [6.45, 7) is 1.46. The third-order valence-corrected chi connectivity index (χ3v) is 6.29. The zero-order valence-corrected chi connectivity index (χ0v) is 18.6. The van der Waals surface area contributed by atoms with Gasteiger partial charge in [0.25, 0.3) is 5.91 Å². The van der Waals surface area contributed by atoms with Crippen LogP contribution in [0.5, 0.6) is 5.75 Å². The van der Waals surface area contributed by atoms with Gasteiger partial charge in [0, 0.05) is 11.3 Å². The summed E-state index contributed by atoms with van der Waals surface area (Å²) in [6.07, 6.45) is 3.14. The van der Waals surface area contributed by atoms with Crippen LogP contribution in [-0.2, 0) is 17.6 Å². The third kappa shape index (κ3) is 4.78. The largest absolute Gasteiger partial charge is 0.505 e. The van der Waals surface area contributed by atoms with Gasteiger partial charge in [-0.15, -0.1) is 11.3 Å². The fourth-order valence-corrected chi connectivity index (χ4v) is 4.46. The Bertz CT molecular complexity index is 1300. The first-order valence-electron chi connectivity index (χ1n) is 10.3. The Morgan fingerprint density at radius 3 is 2.64 bits per heavy atom. The van der Waals surface area contributed by atoms with E-state index in [9.17, 15) is 14.7 Å². The minimum atomic E-state index is -1.04. The molecule has 0 unspecified atom stereocenters. The van der Waals surface area contributed by atoms with E-state index in [4.69, 9.17) is 10.5 Å². The van der Waals surface area contributed by atoms with E-state index in [0.717, 1.165) is 30.6 Å². The molecule has 2 aromatic carbocycles. The number of aryl methyl sites for hydroxylation is 2. The van der Waals surface area contributed by atoms with Gasteiger partial charge in [-0.2, -0.15) is 5.10 Å². The first kappa shape index (κ1) is 22.2. The van der Waals surface area contributed by atoms with Crippen molar-refractivity contribution < 1.29 is 19.8 Å². The van der Waals surface area contributed by atoms with Crippen molar-refractivity contribution in [3.05, 3.63) is 63.8 Å². The van der Waals surface area contributed by atoms with Crippen molar-refractivity contribution in [2.24, 2.45) is 5.10 Å². The second kappa shape index (κ2) is 9.25. The molecule has 1 aromatic heterocycles. The Balaban J connectivity index is 1.54. The minimum absolute atomic E-state index is 0.0410. The lowest BCUT2D eigenvalue weighted by Crippen LogP contribution is -2.29. The highest BCUT2D eigenvalue weighted by Gasteiger charge is 2.18. The molecule has 0 atom stereocenters. The van der Waals surface area contributed by atoms with Crippen LogP contribution in [0.3, 0.4) is 0 Å². The third-order valence-electron chi connectivity index (χ3n) is 5.37. The smallest absolute Gasteiger partial charge is 0.345 e. The summed E-state index contributed by atoms with van der Waals surface area (Å²) in [7, 11) is 0. The van der Waals surface area contributed by atoms with Crippen molar-refractivity contribution in [2.45, 2.75) is 26.2 Å². The predicted octanol–water partition coefficient (Wildman–Crippen LogP) is 4.75. The number of nitrogens with one attached hydrogen (secondary N) is 3. The average Bonchev–Trinajstić information content (AvgIpc) is 3.44. The number of phenolic OH excluding ortho intramolecular Hbond substituents is 1. The maximum atomic E-state index is 12.8. The van der Waals surface area contributed by atoms with E-state index in [1.807, 2.05) is 18.2 Å². The average molecular weight is 463 g/mol. The van der Waals surface area contributed by atoms with E-state index in [1.54, 1.807) is 23.6 Å². The van der Waals surface area contributed by atoms with Crippen LogP contribution >= 0.6 is 11.3 Å². The molecule has 0 aliphatic heterocycles. The second-order valence-corrected chi connectivity index (χ2v) is 8.61. The lowest BCUT2D eigenvalue weighted by atomic mass is 10.1. The molecule has 0 spiro atoms. The molecule has 1 amide bonds. The molecule has 0 bridgehead atoms. The Labute approximate surface area is 194 Å². The zero-order valence-electron chi connectivity index (χ0n) is 17.8. The Kier molecular flexibility index (Phi) is 6.23. The van der Waals surface area contributed by atoms with Crippen LogP contribution in [0.2, 0.25) is 0 Å². The fourth-order valence-electron chi connectivity index (χ4n) is 3.72. The standard InChI is InChI=1S/C24H22N4O4S/c1-13(25)21(23(30)26-17-9-8-14-4-2-5-15(14)10-17)28-27-19-7-3-6-18(22(19)29)16-11-20(24(31)32)33-12-16/h3,6-12,25,27,29H,2,4-5H2,1H3,(H,26,30)(H,31,32)/b25-13?,28-21-. The molecule has 0 fully saturated rings. The van der Waals surface area contributed by atoms with E-state index in [2.05, 4.69) is 15.8 Å². The van der Waals surface area contributed by atoms with E-state index in [-0.39, 0.29) is 27.7 Å². The summed E-state index contributed by atoms with van der Waals surface area (Å²) in [5.41, 5.74) is 6.87. The quantitative estimate of drug-likeness (QED) is 0.196. The first-order chi connectivity index (χ1) is 15.8. The number of aromatic carboxylic acids is 1. The highest BCUT2D eigenvalue weighted by molar-refractivity contribution is 7.12. The number of anilines is 2. The minimum Gasteiger partial charge on any atom is -0.505 e. The first-order valence-corrected chi connectivity index (χ1v) is 11.2. The lowest BCUT2D eigenvalue weighted by molar-refractivity contribution is -0.110. The number of benzene rings is 2. The van der Waals surface area contributed by atoms with Crippen molar-refractivity contribution in [1.29, 1.82) is 5.41 Å². The molecule has 3 aromatic rings. The normalized spacial score (nSPS) is 12.8. The molecule has 1 aliphatic rings. The molecule has 0 saturated heterocycles. The van der Waals surface area contributed by atoms with E-state index in [0.29, 0.717) is 16.8 Å². The van der Waals surface area contributed by atoms with Crippen LogP contribution in [0.15, 0.2) is 52.9 Å². The summed E-state index contributed by atoms with van der Waals surface area (Å²) < 4.78 is 0. The number of rotatable bonds is 7. The van der Waals surface area contributed by atoms with Gasteiger partial charge in [-0.05, 0) is 72.5 Å². The summed E-state index contributed by atoms with van der Waals surface area (Å²) in [4.78, 5) is 24.1. The van der Waals surface area contributed by atoms with Crippen LogP contribution in [-0.4, -0.2) is 33.5 Å². The topological polar surface area (TPSA) is 135 Å². The van der Waals surface area contributed by atoms with Gasteiger partial charge in [0.15, 0.2) is 5.71 Å². The number of hydrazone groups is 1. The van der Waals surface area contributed by atoms with Crippen molar-refractivity contribution in [3.63, 3.8) is 0 Å². The Morgan fingerprint density at radius 2 is 1.91 bits per heavy atom.